The molecule has 0 fully saturated rings. The van der Waals surface area contributed by atoms with Gasteiger partial charge in [-0.05, 0) is 24.5 Å². The number of nitrogens with zero attached hydrogens (tertiary/aromatic N) is 1. The zero-order valence-electron chi connectivity index (χ0n) is 8.98. The Kier molecular flexibility index (Phi) is 2.07. The van der Waals surface area contributed by atoms with Crippen LogP contribution in [0.4, 0.5) is 5.69 Å². The van der Waals surface area contributed by atoms with Crippen LogP contribution in [0.5, 0.6) is 0 Å². The summed E-state index contributed by atoms with van der Waals surface area (Å²) in [7, 11) is 0. The number of hydrogen-bond acceptors (Lipinski definition) is 3. The van der Waals surface area contributed by atoms with Crippen molar-refractivity contribution in [2.75, 3.05) is 5.73 Å². The largest absolute Gasteiger partial charge is 0.398 e. The van der Waals surface area contributed by atoms with Crippen molar-refractivity contribution in [2.24, 2.45) is 0 Å². The number of anilines is 1. The molecule has 2 aromatic rings. The minimum atomic E-state index is -0.263. The third kappa shape index (κ3) is 1.36. The average Bonchev–Trinajstić information content (AvgIpc) is 2.29. The molecule has 0 amide bonds. The number of nitrogens with two attached hydrogens (primary N) is 1. The van der Waals surface area contributed by atoms with Gasteiger partial charge in [0.2, 0.25) is 0 Å². The lowest BCUT2D eigenvalue weighted by Gasteiger charge is -2.22. The lowest BCUT2D eigenvalue weighted by atomic mass is 9.91. The summed E-state index contributed by atoms with van der Waals surface area (Å²) in [5.74, 6) is 0. The molecule has 1 heterocycles. The predicted molar refractivity (Wildman–Crippen MR) is 64.2 cm³/mol. The van der Waals surface area contributed by atoms with Gasteiger partial charge >= 0.3 is 0 Å². The number of aromatic nitrogens is 1. The van der Waals surface area contributed by atoms with Crippen molar-refractivity contribution in [2.45, 2.75) is 25.4 Å². The van der Waals surface area contributed by atoms with Crippen LogP contribution in [-0.2, 0) is 12.8 Å². The van der Waals surface area contributed by atoms with E-state index in [0.717, 1.165) is 40.7 Å². The van der Waals surface area contributed by atoms with Crippen LogP contribution in [0.2, 0.25) is 0 Å². The highest BCUT2D eigenvalue weighted by Gasteiger charge is 2.21. The van der Waals surface area contributed by atoms with Crippen LogP contribution >= 0.6 is 0 Å². The summed E-state index contributed by atoms with van der Waals surface area (Å²) >= 11 is 0. The molecule has 16 heavy (non-hydrogen) atoms. The maximum Gasteiger partial charge on any atom is 0.0726 e. The van der Waals surface area contributed by atoms with E-state index in [0.29, 0.717) is 6.42 Å². The van der Waals surface area contributed by atoms with E-state index < -0.39 is 0 Å². The van der Waals surface area contributed by atoms with Gasteiger partial charge in [0.05, 0.1) is 11.6 Å². The molecule has 3 heteroatoms. The van der Waals surface area contributed by atoms with Gasteiger partial charge in [0.25, 0.3) is 0 Å². The van der Waals surface area contributed by atoms with Crippen LogP contribution in [0.15, 0.2) is 24.3 Å². The summed E-state index contributed by atoms with van der Waals surface area (Å²) in [5.41, 5.74) is 10.0. The van der Waals surface area contributed by atoms with Gasteiger partial charge in [-0.15, -0.1) is 0 Å². The summed E-state index contributed by atoms with van der Waals surface area (Å²) in [6.07, 6.45) is 1.99. The molecule has 0 aliphatic heterocycles. The molecular formula is C13H14N2O. The Morgan fingerprint density at radius 1 is 1.31 bits per heavy atom. The lowest BCUT2D eigenvalue weighted by molar-refractivity contribution is 0.157. The van der Waals surface area contributed by atoms with Crippen LogP contribution in [0, 0.1) is 0 Å². The molecule has 0 saturated carbocycles. The van der Waals surface area contributed by atoms with Crippen molar-refractivity contribution in [1.29, 1.82) is 0 Å². The Bertz CT molecular complexity index is 551. The third-order valence-electron chi connectivity index (χ3n) is 3.28. The Balaban J connectivity index is 2.29. The maximum absolute atomic E-state index is 9.64. The Hall–Kier alpha value is -1.61. The molecular weight excluding hydrogens is 200 g/mol. The van der Waals surface area contributed by atoms with Gasteiger partial charge in [-0.1, -0.05) is 18.2 Å². The minimum Gasteiger partial charge on any atom is -0.398 e. The normalized spacial score (nSPS) is 19.7. The molecule has 82 valence electrons. The van der Waals surface area contributed by atoms with Crippen molar-refractivity contribution >= 4 is 16.6 Å². The van der Waals surface area contributed by atoms with E-state index in [1.54, 1.807) is 0 Å². The Morgan fingerprint density at radius 2 is 2.12 bits per heavy atom. The van der Waals surface area contributed by atoms with Crippen LogP contribution in [0.25, 0.3) is 10.9 Å². The van der Waals surface area contributed by atoms with E-state index in [1.165, 1.54) is 0 Å². The molecule has 3 nitrogen and oxygen atoms in total. The van der Waals surface area contributed by atoms with E-state index in [-0.39, 0.29) is 6.10 Å². The highest BCUT2D eigenvalue weighted by atomic mass is 16.3. The standard InChI is InChI=1S/C13H14N2O/c14-13-9-3-1-2-4-11(9)15-12-7-8(16)5-6-10(12)13/h1-4,8,16H,5-7H2,(H2,14,15)/t8-/m1/s1. The molecule has 1 aliphatic rings. The van der Waals surface area contributed by atoms with Crippen LogP contribution in [-0.4, -0.2) is 16.2 Å². The van der Waals surface area contributed by atoms with Crippen molar-refractivity contribution in [1.82, 2.24) is 4.98 Å². The molecule has 0 spiro atoms. The van der Waals surface area contributed by atoms with E-state index >= 15 is 0 Å². The number of aliphatic hydroxyl groups is 1. The summed E-state index contributed by atoms with van der Waals surface area (Å²) in [6.45, 7) is 0. The first-order chi connectivity index (χ1) is 7.75. The number of pyridine rings is 1. The fourth-order valence-electron chi connectivity index (χ4n) is 2.41. The first-order valence-electron chi connectivity index (χ1n) is 5.60. The lowest BCUT2D eigenvalue weighted by Crippen LogP contribution is -2.21. The molecule has 0 saturated heterocycles. The first kappa shape index (κ1) is 9.60. The molecule has 1 aromatic heterocycles. The summed E-state index contributed by atoms with van der Waals surface area (Å²) < 4.78 is 0. The molecule has 3 N–H and O–H groups in total. The van der Waals surface area contributed by atoms with Gasteiger partial charge in [-0.3, -0.25) is 4.98 Å². The summed E-state index contributed by atoms with van der Waals surface area (Å²) in [6, 6.07) is 7.90. The van der Waals surface area contributed by atoms with Crippen molar-refractivity contribution in [3.8, 4) is 0 Å². The molecule has 0 unspecified atom stereocenters. The molecule has 1 atom stereocenters. The zero-order valence-corrected chi connectivity index (χ0v) is 8.98. The van der Waals surface area contributed by atoms with Crippen molar-refractivity contribution < 1.29 is 5.11 Å². The van der Waals surface area contributed by atoms with E-state index in [1.807, 2.05) is 24.3 Å². The SMILES string of the molecule is Nc1c2c(nc3ccccc13)C[C@H](O)CC2. The highest BCUT2D eigenvalue weighted by molar-refractivity contribution is 5.92. The first-order valence-corrected chi connectivity index (χ1v) is 5.60. The van der Waals surface area contributed by atoms with E-state index in [2.05, 4.69) is 4.98 Å². The highest BCUT2D eigenvalue weighted by Crippen LogP contribution is 2.30. The number of aliphatic hydroxyl groups excluding tert-OH is 1. The summed E-state index contributed by atoms with van der Waals surface area (Å²) in [4.78, 5) is 4.59. The van der Waals surface area contributed by atoms with Gasteiger partial charge < -0.3 is 10.8 Å². The fraction of sp³-hybridized carbons (Fsp3) is 0.308. The average molecular weight is 214 g/mol. The van der Waals surface area contributed by atoms with Crippen LogP contribution in [0.1, 0.15) is 17.7 Å². The summed E-state index contributed by atoms with van der Waals surface area (Å²) in [5, 5.41) is 10.7. The topological polar surface area (TPSA) is 59.1 Å². The van der Waals surface area contributed by atoms with E-state index in [4.69, 9.17) is 5.73 Å². The second-order valence-corrected chi connectivity index (χ2v) is 4.36. The van der Waals surface area contributed by atoms with E-state index in [9.17, 15) is 5.11 Å². The molecule has 0 bridgehead atoms. The number of fused-ring (bicyclic) bond motifs is 2. The second kappa shape index (κ2) is 3.46. The Morgan fingerprint density at radius 3 is 3.00 bits per heavy atom. The second-order valence-electron chi connectivity index (χ2n) is 4.36. The third-order valence-corrected chi connectivity index (χ3v) is 3.28. The Labute approximate surface area is 93.9 Å². The van der Waals surface area contributed by atoms with Crippen molar-refractivity contribution in [3.63, 3.8) is 0 Å². The van der Waals surface area contributed by atoms with Gasteiger partial charge in [-0.2, -0.15) is 0 Å². The number of benzene rings is 1. The van der Waals surface area contributed by atoms with Gasteiger partial charge in [0, 0.05) is 23.2 Å². The monoisotopic (exact) mass is 214 g/mol. The van der Waals surface area contributed by atoms with Crippen LogP contribution in [0.3, 0.4) is 0 Å². The fourth-order valence-corrected chi connectivity index (χ4v) is 2.41. The van der Waals surface area contributed by atoms with Gasteiger partial charge in [0.15, 0.2) is 0 Å². The maximum atomic E-state index is 9.64. The number of hydrogen-bond donors (Lipinski definition) is 2. The number of nitrogen functional groups attached to an aromatic ring is 1. The predicted octanol–water partition coefficient (Wildman–Crippen LogP) is 1.67. The van der Waals surface area contributed by atoms with Crippen LogP contribution < -0.4 is 5.73 Å². The quantitative estimate of drug-likeness (QED) is 0.701. The number of rotatable bonds is 0. The minimum absolute atomic E-state index is 0.263. The molecule has 1 aromatic carbocycles. The molecule has 0 radical (unpaired) electrons. The number of para-hydroxylation sites is 1. The molecule has 3 rings (SSSR count). The van der Waals surface area contributed by atoms with Gasteiger partial charge in [-0.25, -0.2) is 0 Å². The van der Waals surface area contributed by atoms with Gasteiger partial charge in [0.1, 0.15) is 0 Å². The zero-order chi connectivity index (χ0) is 11.1. The smallest absolute Gasteiger partial charge is 0.0726 e. The van der Waals surface area contributed by atoms with Crippen molar-refractivity contribution in [3.05, 3.63) is 35.5 Å². The molecule has 1 aliphatic carbocycles.